The summed E-state index contributed by atoms with van der Waals surface area (Å²) in [6.45, 7) is 0.722. The number of urea groups is 1. The lowest BCUT2D eigenvalue weighted by Gasteiger charge is -2.13. The number of benzene rings is 3. The van der Waals surface area contributed by atoms with Crippen LogP contribution >= 0.6 is 11.6 Å². The van der Waals surface area contributed by atoms with E-state index in [0.29, 0.717) is 39.3 Å². The first-order valence-corrected chi connectivity index (χ1v) is 9.48. The van der Waals surface area contributed by atoms with Crippen LogP contribution in [0.15, 0.2) is 64.6 Å². The maximum absolute atomic E-state index is 13.2. The Bertz CT molecular complexity index is 1250. The van der Waals surface area contributed by atoms with Crippen molar-refractivity contribution in [2.75, 3.05) is 12.4 Å². The van der Waals surface area contributed by atoms with Crippen molar-refractivity contribution in [3.05, 3.63) is 87.3 Å². The fourth-order valence-corrected chi connectivity index (χ4v) is 3.21. The van der Waals surface area contributed by atoms with Crippen LogP contribution in [0.4, 0.5) is 14.9 Å². The predicted octanol–water partition coefficient (Wildman–Crippen LogP) is 4.05. The number of hydrogen-bond acceptors (Lipinski definition) is 4. The first-order chi connectivity index (χ1) is 14.5. The van der Waals surface area contributed by atoms with E-state index in [-0.39, 0.29) is 6.61 Å². The Kier molecular flexibility index (Phi) is 5.63. The van der Waals surface area contributed by atoms with Crippen LogP contribution in [-0.4, -0.2) is 13.1 Å². The summed E-state index contributed by atoms with van der Waals surface area (Å²) >= 11 is 6.05. The van der Waals surface area contributed by atoms with Gasteiger partial charge in [-0.15, -0.1) is 0 Å². The summed E-state index contributed by atoms with van der Waals surface area (Å²) < 4.78 is 24.4. The summed E-state index contributed by atoms with van der Waals surface area (Å²) in [6, 6.07) is 14.7. The van der Waals surface area contributed by atoms with Crippen LogP contribution in [0, 0.1) is 5.82 Å². The molecule has 1 heterocycles. The SMILES string of the molecule is COc1cc(CNc2ccc3c(c2)=NC(=O)N=3)ccc1OCc1ccc(F)cc1Cl. The Morgan fingerprint density at radius 2 is 1.83 bits per heavy atom. The topological polar surface area (TPSA) is 72.3 Å². The lowest BCUT2D eigenvalue weighted by molar-refractivity contribution is 0.256. The van der Waals surface area contributed by atoms with Gasteiger partial charge in [-0.05, 0) is 48.0 Å². The molecule has 0 bridgehead atoms. The van der Waals surface area contributed by atoms with Gasteiger partial charge in [-0.1, -0.05) is 23.7 Å². The number of ether oxygens (including phenoxy) is 2. The number of rotatable bonds is 7. The van der Waals surface area contributed by atoms with Crippen LogP contribution in [-0.2, 0) is 13.2 Å². The Morgan fingerprint density at radius 3 is 2.63 bits per heavy atom. The van der Waals surface area contributed by atoms with E-state index >= 15 is 0 Å². The molecule has 0 fully saturated rings. The Balaban J connectivity index is 1.43. The monoisotopic (exact) mass is 425 g/mol. The quantitative estimate of drug-likeness (QED) is 0.619. The van der Waals surface area contributed by atoms with Gasteiger partial charge in [-0.2, -0.15) is 9.98 Å². The number of halogens is 2. The largest absolute Gasteiger partial charge is 0.493 e. The van der Waals surface area contributed by atoms with Crippen molar-refractivity contribution in [3.8, 4) is 11.5 Å². The zero-order valence-corrected chi connectivity index (χ0v) is 16.7. The number of fused-ring (bicyclic) bond motifs is 1. The van der Waals surface area contributed by atoms with Crippen molar-refractivity contribution in [3.63, 3.8) is 0 Å². The molecule has 8 heteroatoms. The van der Waals surface area contributed by atoms with Gasteiger partial charge in [0, 0.05) is 17.8 Å². The molecule has 1 aliphatic heterocycles. The molecule has 0 atom stereocenters. The molecule has 0 spiro atoms. The normalized spacial score (nSPS) is 12.0. The molecule has 4 rings (SSSR count). The number of methoxy groups -OCH3 is 1. The number of nitrogens with zero attached hydrogens (tertiary/aromatic N) is 2. The van der Waals surface area contributed by atoms with Crippen molar-refractivity contribution in [1.29, 1.82) is 0 Å². The van der Waals surface area contributed by atoms with Crippen molar-refractivity contribution in [2.24, 2.45) is 9.98 Å². The van der Waals surface area contributed by atoms with Crippen molar-refractivity contribution in [2.45, 2.75) is 13.2 Å². The number of carbonyl (C=O) groups is 1. The molecule has 0 aliphatic carbocycles. The molecule has 152 valence electrons. The summed E-state index contributed by atoms with van der Waals surface area (Å²) in [5.41, 5.74) is 2.47. The molecular weight excluding hydrogens is 409 g/mol. The summed E-state index contributed by atoms with van der Waals surface area (Å²) in [6.07, 6.45) is 0. The lowest BCUT2D eigenvalue weighted by atomic mass is 10.2. The van der Waals surface area contributed by atoms with E-state index < -0.39 is 11.8 Å². The summed E-state index contributed by atoms with van der Waals surface area (Å²) in [4.78, 5) is 18.9. The summed E-state index contributed by atoms with van der Waals surface area (Å²) in [5.74, 6) is 0.732. The second kappa shape index (κ2) is 8.51. The van der Waals surface area contributed by atoms with E-state index in [0.717, 1.165) is 11.3 Å². The first-order valence-electron chi connectivity index (χ1n) is 9.11. The van der Waals surface area contributed by atoms with Gasteiger partial charge in [0.15, 0.2) is 11.5 Å². The highest BCUT2D eigenvalue weighted by molar-refractivity contribution is 6.31. The van der Waals surface area contributed by atoms with Crippen molar-refractivity contribution < 1.29 is 18.7 Å². The van der Waals surface area contributed by atoms with E-state index in [4.69, 9.17) is 21.1 Å². The average Bonchev–Trinajstić information content (AvgIpc) is 3.11. The van der Waals surface area contributed by atoms with Crippen LogP contribution in [0.3, 0.4) is 0 Å². The molecule has 2 amide bonds. The molecule has 0 saturated heterocycles. The maximum atomic E-state index is 13.2. The van der Waals surface area contributed by atoms with Crippen LogP contribution in [0.5, 0.6) is 11.5 Å². The van der Waals surface area contributed by atoms with E-state index in [1.54, 1.807) is 25.3 Å². The summed E-state index contributed by atoms with van der Waals surface area (Å²) in [7, 11) is 1.56. The molecule has 0 unspecified atom stereocenters. The van der Waals surface area contributed by atoms with Gasteiger partial charge in [-0.25, -0.2) is 9.18 Å². The molecule has 30 heavy (non-hydrogen) atoms. The molecule has 0 saturated carbocycles. The Labute approximate surface area is 176 Å². The molecule has 3 aromatic rings. The van der Waals surface area contributed by atoms with Crippen molar-refractivity contribution in [1.82, 2.24) is 0 Å². The molecule has 0 radical (unpaired) electrons. The van der Waals surface area contributed by atoms with E-state index in [1.807, 2.05) is 24.3 Å². The standard InChI is InChI=1S/C22H17ClFN3O3/c1-29-21-8-13(11-25-16-5-6-18-19(10-16)27-22(28)26-18)2-7-20(21)30-12-14-3-4-15(24)9-17(14)23/h2-10,25H,11-12H2,1H3. The molecule has 6 nitrogen and oxygen atoms in total. The second-order valence-corrected chi connectivity index (χ2v) is 6.98. The van der Waals surface area contributed by atoms with Gasteiger partial charge in [-0.3, -0.25) is 0 Å². The summed E-state index contributed by atoms with van der Waals surface area (Å²) in [5, 5.41) is 4.73. The third-order valence-electron chi connectivity index (χ3n) is 4.53. The van der Waals surface area contributed by atoms with Gasteiger partial charge >= 0.3 is 6.03 Å². The predicted molar refractivity (Wildman–Crippen MR) is 110 cm³/mol. The van der Waals surface area contributed by atoms with E-state index in [9.17, 15) is 9.18 Å². The minimum absolute atomic E-state index is 0.190. The highest BCUT2D eigenvalue weighted by atomic mass is 35.5. The van der Waals surface area contributed by atoms with Gasteiger partial charge in [0.2, 0.25) is 0 Å². The van der Waals surface area contributed by atoms with Gasteiger partial charge in [0.25, 0.3) is 0 Å². The lowest BCUT2D eigenvalue weighted by Crippen LogP contribution is -2.21. The van der Waals surface area contributed by atoms with Crippen LogP contribution < -0.4 is 25.5 Å². The van der Waals surface area contributed by atoms with Crippen LogP contribution in [0.25, 0.3) is 0 Å². The molecule has 1 N–H and O–H groups in total. The molecular formula is C22H17ClFN3O3. The van der Waals surface area contributed by atoms with Gasteiger partial charge < -0.3 is 14.8 Å². The highest BCUT2D eigenvalue weighted by Crippen LogP contribution is 2.30. The first kappa shape index (κ1) is 19.8. The number of amides is 2. The smallest absolute Gasteiger partial charge is 0.368 e. The third kappa shape index (κ3) is 4.41. The number of carbonyl (C=O) groups excluding carboxylic acids is 1. The Morgan fingerprint density at radius 1 is 1.00 bits per heavy atom. The van der Waals surface area contributed by atoms with Crippen LogP contribution in [0.2, 0.25) is 5.02 Å². The van der Waals surface area contributed by atoms with Crippen molar-refractivity contribution >= 4 is 23.3 Å². The average molecular weight is 426 g/mol. The second-order valence-electron chi connectivity index (χ2n) is 6.57. The zero-order chi connectivity index (χ0) is 21.1. The fraction of sp³-hybridized carbons (Fsp3) is 0.136. The maximum Gasteiger partial charge on any atom is 0.368 e. The van der Waals surface area contributed by atoms with Crippen LogP contribution in [0.1, 0.15) is 11.1 Å². The number of hydrogen-bond donors (Lipinski definition) is 1. The highest BCUT2D eigenvalue weighted by Gasteiger charge is 2.09. The van der Waals surface area contributed by atoms with E-state index in [2.05, 4.69) is 15.3 Å². The fourth-order valence-electron chi connectivity index (χ4n) is 2.99. The minimum atomic E-state index is -0.482. The zero-order valence-electron chi connectivity index (χ0n) is 16.0. The molecule has 0 aromatic heterocycles. The molecule has 3 aromatic carbocycles. The Hall–Kier alpha value is -3.45. The number of nitrogens with one attached hydrogen (secondary N) is 1. The third-order valence-corrected chi connectivity index (χ3v) is 4.88. The van der Waals surface area contributed by atoms with E-state index in [1.165, 1.54) is 12.1 Å². The van der Waals surface area contributed by atoms with Gasteiger partial charge in [0.05, 0.1) is 22.8 Å². The molecule has 1 aliphatic rings. The number of anilines is 1. The minimum Gasteiger partial charge on any atom is -0.493 e. The van der Waals surface area contributed by atoms with Gasteiger partial charge in [0.1, 0.15) is 12.4 Å².